The van der Waals surface area contributed by atoms with Gasteiger partial charge in [0.1, 0.15) is 5.82 Å². The van der Waals surface area contributed by atoms with Crippen LogP contribution in [-0.4, -0.2) is 5.88 Å². The molecule has 0 bridgehead atoms. The molecule has 1 aromatic carbocycles. The Morgan fingerprint density at radius 1 is 1.33 bits per heavy atom. The van der Waals surface area contributed by atoms with Gasteiger partial charge in [-0.15, -0.1) is 11.6 Å². The summed E-state index contributed by atoms with van der Waals surface area (Å²) in [4.78, 5) is 0. The van der Waals surface area contributed by atoms with Crippen LogP contribution in [0.1, 0.15) is 57.4 Å². The summed E-state index contributed by atoms with van der Waals surface area (Å²) in [6.07, 6.45) is 9.97. The van der Waals surface area contributed by atoms with Gasteiger partial charge in [-0.1, -0.05) is 48.2 Å². The Labute approximate surface area is 141 Å². The van der Waals surface area contributed by atoms with E-state index >= 15 is 0 Å². The molecule has 0 atom stereocenters. The van der Waals surface area contributed by atoms with Crippen LogP contribution in [0.2, 0.25) is 0 Å². The molecule has 0 spiro atoms. The Bertz CT molecular complexity index is 453. The highest BCUT2D eigenvalue weighted by Gasteiger charge is 2.35. The highest BCUT2D eigenvalue weighted by molar-refractivity contribution is 9.10. The smallest absolute Gasteiger partial charge is 0.124 e. The van der Waals surface area contributed by atoms with E-state index in [4.69, 9.17) is 11.6 Å². The molecular formula is C18H25BrClF. The fourth-order valence-corrected chi connectivity index (χ4v) is 4.35. The summed E-state index contributed by atoms with van der Waals surface area (Å²) in [6, 6.07) is 5.01. The summed E-state index contributed by atoms with van der Waals surface area (Å²) in [5, 5.41) is 0. The predicted molar refractivity (Wildman–Crippen MR) is 92.4 cm³/mol. The Kier molecular flexibility index (Phi) is 6.55. The molecule has 118 valence electrons. The second kappa shape index (κ2) is 7.97. The minimum absolute atomic E-state index is 0.186. The molecule has 2 rings (SSSR count). The maximum atomic E-state index is 13.2. The maximum absolute atomic E-state index is 13.2. The first kappa shape index (κ1) is 17.3. The van der Waals surface area contributed by atoms with E-state index in [2.05, 4.69) is 22.9 Å². The first-order chi connectivity index (χ1) is 10.1. The zero-order valence-corrected chi connectivity index (χ0v) is 15.1. The van der Waals surface area contributed by atoms with Gasteiger partial charge in [-0.05, 0) is 61.1 Å². The number of benzene rings is 1. The Morgan fingerprint density at radius 3 is 2.62 bits per heavy atom. The lowest BCUT2D eigenvalue weighted by atomic mass is 9.68. The number of alkyl halides is 1. The molecule has 0 N–H and O–H groups in total. The largest absolute Gasteiger partial charge is 0.207 e. The third-order valence-corrected chi connectivity index (χ3v) is 6.30. The van der Waals surface area contributed by atoms with Gasteiger partial charge in [0.2, 0.25) is 0 Å². The van der Waals surface area contributed by atoms with Gasteiger partial charge >= 0.3 is 0 Å². The van der Waals surface area contributed by atoms with E-state index in [1.165, 1.54) is 50.5 Å². The normalized spacial score (nSPS) is 26.0. The molecule has 0 unspecified atom stereocenters. The van der Waals surface area contributed by atoms with E-state index in [0.29, 0.717) is 5.88 Å². The van der Waals surface area contributed by atoms with Crippen molar-refractivity contribution in [3.05, 3.63) is 34.1 Å². The lowest BCUT2D eigenvalue weighted by molar-refractivity contribution is 0.165. The van der Waals surface area contributed by atoms with Gasteiger partial charge in [-0.3, -0.25) is 0 Å². The fourth-order valence-electron chi connectivity index (χ4n) is 3.50. The monoisotopic (exact) mass is 374 g/mol. The van der Waals surface area contributed by atoms with Crippen LogP contribution in [0, 0.1) is 17.2 Å². The molecule has 0 heterocycles. The van der Waals surface area contributed by atoms with Gasteiger partial charge < -0.3 is 0 Å². The van der Waals surface area contributed by atoms with Crippen LogP contribution in [-0.2, 0) is 6.42 Å². The van der Waals surface area contributed by atoms with Crippen LogP contribution >= 0.6 is 27.5 Å². The molecule has 0 amide bonds. The van der Waals surface area contributed by atoms with Gasteiger partial charge in [-0.25, -0.2) is 4.39 Å². The number of rotatable bonds is 6. The summed E-state index contributed by atoms with van der Waals surface area (Å²) < 4.78 is 14.1. The average molecular weight is 376 g/mol. The van der Waals surface area contributed by atoms with E-state index in [1.807, 2.05) is 6.07 Å². The van der Waals surface area contributed by atoms with Crippen molar-refractivity contribution in [1.29, 1.82) is 0 Å². The molecular weight excluding hydrogens is 351 g/mol. The van der Waals surface area contributed by atoms with Crippen LogP contribution in [0.4, 0.5) is 4.39 Å². The first-order valence-corrected chi connectivity index (χ1v) is 9.41. The van der Waals surface area contributed by atoms with Crippen molar-refractivity contribution < 1.29 is 4.39 Å². The quantitative estimate of drug-likeness (QED) is 0.483. The van der Waals surface area contributed by atoms with Crippen LogP contribution in [0.25, 0.3) is 0 Å². The summed E-state index contributed by atoms with van der Waals surface area (Å²) in [6.45, 7) is 2.26. The van der Waals surface area contributed by atoms with E-state index < -0.39 is 0 Å². The van der Waals surface area contributed by atoms with Crippen molar-refractivity contribution in [3.8, 4) is 0 Å². The van der Waals surface area contributed by atoms with E-state index in [9.17, 15) is 4.39 Å². The first-order valence-electron chi connectivity index (χ1n) is 8.08. The summed E-state index contributed by atoms with van der Waals surface area (Å²) >= 11 is 9.82. The molecule has 1 aromatic rings. The summed E-state index contributed by atoms with van der Waals surface area (Å²) in [5.41, 5.74) is 1.38. The fraction of sp³-hybridized carbons (Fsp3) is 0.667. The Morgan fingerprint density at radius 2 is 2.05 bits per heavy atom. The number of hydrogen-bond acceptors (Lipinski definition) is 0. The molecule has 1 fully saturated rings. The van der Waals surface area contributed by atoms with Crippen molar-refractivity contribution in [1.82, 2.24) is 0 Å². The molecule has 1 aliphatic rings. The zero-order chi connectivity index (χ0) is 15.3. The van der Waals surface area contributed by atoms with Crippen LogP contribution < -0.4 is 0 Å². The standard InChI is InChI=1S/C18H25BrClF/c1-2-3-4-14-7-9-18(13-20,10-8-14)12-15-5-6-16(21)11-17(15)19/h5-6,11,14H,2-4,7-10,12-13H2,1H3. The third-order valence-electron chi connectivity index (χ3n) is 5.00. The number of halogens is 3. The second-order valence-electron chi connectivity index (χ2n) is 6.63. The van der Waals surface area contributed by atoms with Gasteiger partial charge in [0.25, 0.3) is 0 Å². The van der Waals surface area contributed by atoms with E-state index in [1.54, 1.807) is 12.1 Å². The molecule has 3 heteroatoms. The SMILES string of the molecule is CCCCC1CCC(CCl)(Cc2ccc(F)cc2Br)CC1. The maximum Gasteiger partial charge on any atom is 0.124 e. The summed E-state index contributed by atoms with van der Waals surface area (Å²) in [7, 11) is 0. The van der Waals surface area contributed by atoms with Gasteiger partial charge in [0.15, 0.2) is 0 Å². The summed E-state index contributed by atoms with van der Waals surface area (Å²) in [5.74, 6) is 1.41. The van der Waals surface area contributed by atoms with E-state index in [0.717, 1.165) is 16.8 Å². The van der Waals surface area contributed by atoms with Crippen molar-refractivity contribution in [2.45, 2.75) is 58.3 Å². The lowest BCUT2D eigenvalue weighted by Gasteiger charge is -2.39. The van der Waals surface area contributed by atoms with Gasteiger partial charge in [0, 0.05) is 10.4 Å². The Balaban J connectivity index is 1.99. The van der Waals surface area contributed by atoms with Crippen LogP contribution in [0.15, 0.2) is 22.7 Å². The number of unbranched alkanes of at least 4 members (excludes halogenated alkanes) is 1. The van der Waals surface area contributed by atoms with E-state index in [-0.39, 0.29) is 11.2 Å². The van der Waals surface area contributed by atoms with Crippen molar-refractivity contribution in [2.75, 3.05) is 5.88 Å². The predicted octanol–water partition coefficient (Wildman–Crippen LogP) is 6.74. The van der Waals surface area contributed by atoms with Crippen molar-refractivity contribution in [3.63, 3.8) is 0 Å². The molecule has 0 aromatic heterocycles. The third kappa shape index (κ3) is 4.69. The van der Waals surface area contributed by atoms with Crippen molar-refractivity contribution >= 4 is 27.5 Å². The Hall–Kier alpha value is -0.0800. The topological polar surface area (TPSA) is 0 Å². The number of hydrogen-bond donors (Lipinski definition) is 0. The highest BCUT2D eigenvalue weighted by atomic mass is 79.9. The minimum atomic E-state index is -0.186. The molecule has 1 saturated carbocycles. The molecule has 1 aliphatic carbocycles. The van der Waals surface area contributed by atoms with Crippen LogP contribution in [0.5, 0.6) is 0 Å². The molecule has 0 radical (unpaired) electrons. The van der Waals surface area contributed by atoms with Crippen molar-refractivity contribution in [2.24, 2.45) is 11.3 Å². The van der Waals surface area contributed by atoms with Gasteiger partial charge in [0.05, 0.1) is 0 Å². The lowest BCUT2D eigenvalue weighted by Crippen LogP contribution is -2.31. The molecule has 21 heavy (non-hydrogen) atoms. The second-order valence-corrected chi connectivity index (χ2v) is 7.75. The molecule has 0 aliphatic heterocycles. The molecule has 0 saturated heterocycles. The average Bonchev–Trinajstić information content (AvgIpc) is 2.49. The van der Waals surface area contributed by atoms with Gasteiger partial charge in [-0.2, -0.15) is 0 Å². The molecule has 0 nitrogen and oxygen atoms in total. The minimum Gasteiger partial charge on any atom is -0.207 e. The van der Waals surface area contributed by atoms with Crippen LogP contribution in [0.3, 0.4) is 0 Å². The highest BCUT2D eigenvalue weighted by Crippen LogP contribution is 2.44. The zero-order valence-electron chi connectivity index (χ0n) is 12.8.